The van der Waals surface area contributed by atoms with Crippen molar-refractivity contribution in [1.82, 2.24) is 19.9 Å². The first kappa shape index (κ1) is 28.2. The Labute approximate surface area is 289 Å². The number of hydrogen-bond donors (Lipinski definition) is 1. The molecule has 6 aromatic carbocycles. The lowest BCUT2D eigenvalue weighted by molar-refractivity contribution is 1.17. The third-order valence-corrected chi connectivity index (χ3v) is 9.56. The van der Waals surface area contributed by atoms with Crippen molar-refractivity contribution in [3.63, 3.8) is 0 Å². The Morgan fingerprint density at radius 2 is 0.940 bits per heavy atom. The van der Waals surface area contributed by atoms with Crippen LogP contribution in [0.4, 0.5) is 17.2 Å². The van der Waals surface area contributed by atoms with Crippen LogP contribution in [0, 0.1) is 0 Å². The summed E-state index contributed by atoms with van der Waals surface area (Å²) in [5, 5.41) is 2.26. The molecule has 10 rings (SSSR count). The molecule has 3 aromatic heterocycles. The summed E-state index contributed by atoms with van der Waals surface area (Å²) in [5.41, 5.74) is 13.0. The first-order valence-corrected chi connectivity index (χ1v) is 16.8. The third-order valence-electron chi connectivity index (χ3n) is 9.56. The molecule has 1 aliphatic rings. The molecule has 0 aliphatic carbocycles. The highest BCUT2D eigenvalue weighted by Crippen LogP contribution is 2.41. The van der Waals surface area contributed by atoms with Gasteiger partial charge in [0.05, 0.1) is 28.1 Å². The zero-order valence-corrected chi connectivity index (χ0v) is 27.0. The van der Waals surface area contributed by atoms with Crippen molar-refractivity contribution >= 4 is 39.0 Å². The van der Waals surface area contributed by atoms with E-state index in [0.717, 1.165) is 89.5 Å². The smallest absolute Gasteiger partial charge is 0.162 e. The predicted molar refractivity (Wildman–Crippen MR) is 205 cm³/mol. The van der Waals surface area contributed by atoms with Crippen molar-refractivity contribution in [3.05, 3.63) is 170 Å². The molecule has 5 nitrogen and oxygen atoms in total. The monoisotopic (exact) mass is 639 g/mol. The molecule has 4 heterocycles. The first-order chi connectivity index (χ1) is 24.8. The van der Waals surface area contributed by atoms with Gasteiger partial charge in [-0.05, 0) is 59.7 Å². The van der Waals surface area contributed by atoms with Crippen LogP contribution < -0.4 is 4.90 Å². The number of nitrogens with one attached hydrogen (secondary N) is 1. The van der Waals surface area contributed by atoms with E-state index in [0.29, 0.717) is 5.82 Å². The highest BCUT2D eigenvalue weighted by atomic mass is 15.2. The molecule has 5 heteroatoms. The highest BCUT2D eigenvalue weighted by molar-refractivity contribution is 6.15. The van der Waals surface area contributed by atoms with E-state index in [2.05, 4.69) is 168 Å². The molecular weight excluding hydrogens is 611 g/mol. The molecule has 234 valence electrons. The Bertz CT molecular complexity index is 2710. The van der Waals surface area contributed by atoms with Crippen LogP contribution in [0.15, 0.2) is 170 Å². The van der Waals surface area contributed by atoms with Crippen molar-refractivity contribution < 1.29 is 0 Å². The summed E-state index contributed by atoms with van der Waals surface area (Å²) >= 11 is 0. The fourth-order valence-electron chi connectivity index (χ4n) is 7.19. The van der Waals surface area contributed by atoms with Gasteiger partial charge in [-0.2, -0.15) is 0 Å². The average molecular weight is 640 g/mol. The number of benzene rings is 6. The van der Waals surface area contributed by atoms with Crippen LogP contribution >= 0.6 is 0 Å². The van der Waals surface area contributed by atoms with Crippen molar-refractivity contribution in [2.24, 2.45) is 0 Å². The second-order valence-electron chi connectivity index (χ2n) is 12.6. The fourth-order valence-corrected chi connectivity index (χ4v) is 7.19. The lowest BCUT2D eigenvalue weighted by Crippen LogP contribution is -2.12. The largest absolute Gasteiger partial charge is 0.353 e. The van der Waals surface area contributed by atoms with Crippen molar-refractivity contribution in [1.29, 1.82) is 0 Å². The molecule has 9 aromatic rings. The third kappa shape index (κ3) is 4.67. The molecule has 50 heavy (non-hydrogen) atoms. The number of anilines is 3. The fraction of sp³-hybridized carbons (Fsp3) is 0. The molecule has 0 atom stereocenters. The van der Waals surface area contributed by atoms with E-state index in [1.165, 1.54) is 0 Å². The van der Waals surface area contributed by atoms with E-state index in [-0.39, 0.29) is 0 Å². The minimum Gasteiger partial charge on any atom is -0.353 e. The number of hydrogen-bond acceptors (Lipinski definition) is 4. The summed E-state index contributed by atoms with van der Waals surface area (Å²) in [5.74, 6) is 1.49. The summed E-state index contributed by atoms with van der Waals surface area (Å²) in [6.07, 6.45) is 0. The number of nitrogens with zero attached hydrogens (tertiary/aromatic N) is 4. The zero-order chi connectivity index (χ0) is 33.0. The van der Waals surface area contributed by atoms with Gasteiger partial charge in [0.25, 0.3) is 0 Å². The second-order valence-corrected chi connectivity index (χ2v) is 12.6. The molecular formula is C45H29N5. The summed E-state index contributed by atoms with van der Waals surface area (Å²) < 4.78 is 0. The SMILES string of the molecule is c1ccc(-c2cccc(N3c4cccc(c4)-c4cc(-c5ccccc5)nc(n4)-c4cccc5c4[nH]c4c(cccc45)-c4cccc3n4)c2)cc1. The summed E-state index contributed by atoms with van der Waals surface area (Å²) in [6, 6.07) is 59.3. The van der Waals surface area contributed by atoms with E-state index >= 15 is 0 Å². The number of rotatable bonds is 3. The van der Waals surface area contributed by atoms with Crippen LogP contribution in [-0.4, -0.2) is 19.9 Å². The van der Waals surface area contributed by atoms with Crippen LogP contribution in [0.2, 0.25) is 0 Å². The van der Waals surface area contributed by atoms with Gasteiger partial charge in [0.15, 0.2) is 5.82 Å². The van der Waals surface area contributed by atoms with Crippen LogP contribution in [0.3, 0.4) is 0 Å². The molecule has 8 bridgehead atoms. The Morgan fingerprint density at radius 3 is 1.68 bits per heavy atom. The van der Waals surface area contributed by atoms with Crippen LogP contribution in [0.5, 0.6) is 0 Å². The molecule has 0 spiro atoms. The van der Waals surface area contributed by atoms with Crippen molar-refractivity contribution in [3.8, 4) is 56.3 Å². The maximum absolute atomic E-state index is 5.37. The standard InChI is InChI=1S/C45H29N5/c1-3-12-29(13-4-1)31-16-7-18-33(26-31)50-34-19-8-17-32(27-34)41-28-40(30-14-5-2-6-15-30)47-45(48-41)38-23-10-21-36-35-20-9-22-37(43(35)49-44(36)38)39-24-11-25-42(50)46-39/h1-28,49H. The van der Waals surface area contributed by atoms with Crippen LogP contribution in [-0.2, 0) is 0 Å². The summed E-state index contributed by atoms with van der Waals surface area (Å²) in [7, 11) is 0. The van der Waals surface area contributed by atoms with Crippen LogP contribution in [0.1, 0.15) is 0 Å². The maximum atomic E-state index is 5.37. The van der Waals surface area contributed by atoms with Gasteiger partial charge in [0, 0.05) is 44.4 Å². The molecule has 1 N–H and O–H groups in total. The van der Waals surface area contributed by atoms with E-state index in [1.54, 1.807) is 0 Å². The number of pyridine rings is 1. The lowest BCUT2D eigenvalue weighted by atomic mass is 10.0. The van der Waals surface area contributed by atoms with Gasteiger partial charge in [-0.3, -0.25) is 4.90 Å². The summed E-state index contributed by atoms with van der Waals surface area (Å²) in [4.78, 5) is 21.9. The van der Waals surface area contributed by atoms with Gasteiger partial charge in [-0.15, -0.1) is 0 Å². The van der Waals surface area contributed by atoms with Crippen molar-refractivity contribution in [2.45, 2.75) is 0 Å². The Morgan fingerprint density at radius 1 is 0.380 bits per heavy atom. The number of aromatic amines is 1. The molecule has 1 aliphatic heterocycles. The topological polar surface area (TPSA) is 57.7 Å². The maximum Gasteiger partial charge on any atom is 0.162 e. The molecule has 0 saturated heterocycles. The zero-order valence-electron chi connectivity index (χ0n) is 27.0. The van der Waals surface area contributed by atoms with Gasteiger partial charge < -0.3 is 4.98 Å². The molecule has 0 fully saturated rings. The van der Waals surface area contributed by atoms with Gasteiger partial charge in [-0.25, -0.2) is 15.0 Å². The number of fused-ring (bicyclic) bond motifs is 10. The quantitative estimate of drug-likeness (QED) is 0.209. The van der Waals surface area contributed by atoms with E-state index < -0.39 is 0 Å². The number of H-pyrrole nitrogens is 1. The van der Waals surface area contributed by atoms with Gasteiger partial charge in [-0.1, -0.05) is 121 Å². The Balaban J connectivity index is 1.29. The van der Waals surface area contributed by atoms with Gasteiger partial charge >= 0.3 is 0 Å². The molecule has 0 radical (unpaired) electrons. The number of para-hydroxylation sites is 2. The average Bonchev–Trinajstić information content (AvgIpc) is 3.58. The highest BCUT2D eigenvalue weighted by Gasteiger charge is 2.21. The minimum atomic E-state index is 0.673. The lowest BCUT2D eigenvalue weighted by Gasteiger charge is -2.26. The minimum absolute atomic E-state index is 0.673. The normalized spacial score (nSPS) is 12.0. The first-order valence-electron chi connectivity index (χ1n) is 16.8. The van der Waals surface area contributed by atoms with Gasteiger partial charge in [0.1, 0.15) is 5.82 Å². The van der Waals surface area contributed by atoms with Crippen LogP contribution in [0.25, 0.3) is 78.1 Å². The predicted octanol–water partition coefficient (Wildman–Crippen LogP) is 11.6. The Kier molecular flexibility index (Phi) is 6.42. The molecule has 0 saturated carbocycles. The van der Waals surface area contributed by atoms with Gasteiger partial charge in [0.2, 0.25) is 0 Å². The Hall–Kier alpha value is -6.85. The van der Waals surface area contributed by atoms with E-state index in [4.69, 9.17) is 15.0 Å². The molecule has 0 amide bonds. The van der Waals surface area contributed by atoms with E-state index in [1.807, 2.05) is 12.1 Å². The van der Waals surface area contributed by atoms with Crippen molar-refractivity contribution in [2.75, 3.05) is 4.90 Å². The number of aromatic nitrogens is 4. The van der Waals surface area contributed by atoms with E-state index in [9.17, 15) is 0 Å². The second kappa shape index (κ2) is 11.4. The molecule has 0 unspecified atom stereocenters. The summed E-state index contributed by atoms with van der Waals surface area (Å²) in [6.45, 7) is 0.